The smallest absolute Gasteiger partial charge is 0.262 e. The van der Waals surface area contributed by atoms with Crippen LogP contribution in [0.3, 0.4) is 0 Å². The molecule has 0 unspecified atom stereocenters. The van der Waals surface area contributed by atoms with Crippen molar-refractivity contribution in [3.63, 3.8) is 0 Å². The van der Waals surface area contributed by atoms with E-state index in [1.165, 1.54) is 0 Å². The molecule has 40 heavy (non-hydrogen) atoms. The Morgan fingerprint density at radius 1 is 0.975 bits per heavy atom. The number of Topliss-reactive ketones (excluding diaryl/α,β-unsaturated/α-hetero) is 2. The average Bonchev–Trinajstić information content (AvgIpc) is 2.93. The summed E-state index contributed by atoms with van der Waals surface area (Å²) >= 11 is 8.11. The van der Waals surface area contributed by atoms with E-state index in [1.807, 2.05) is 19.1 Å². The molecule has 5 rings (SSSR count). The Morgan fingerprint density at radius 3 is 2.17 bits per heavy atom. The molecule has 1 aliphatic heterocycles. The highest BCUT2D eigenvalue weighted by atomic mass is 127. The lowest BCUT2D eigenvalue weighted by Crippen LogP contribution is -2.39. The maximum Gasteiger partial charge on any atom is 0.262 e. The minimum Gasteiger partial charge on any atom is -0.490 e. The normalized spacial score (nSPS) is 17.6. The lowest BCUT2D eigenvalue weighted by Gasteiger charge is -2.43. The molecule has 210 valence electrons. The largest absolute Gasteiger partial charge is 0.490 e. The Hall–Kier alpha value is -2.85. The summed E-state index contributed by atoms with van der Waals surface area (Å²) < 4.78 is 12.7. The number of ether oxygens (including phenoxy) is 2. The number of allylic oxidation sites excluding steroid dienone is 4. The van der Waals surface area contributed by atoms with Crippen LogP contribution in [0.2, 0.25) is 5.02 Å². The van der Waals surface area contributed by atoms with E-state index < -0.39 is 5.92 Å². The van der Waals surface area contributed by atoms with Gasteiger partial charge >= 0.3 is 0 Å². The van der Waals surface area contributed by atoms with Crippen LogP contribution in [0.5, 0.6) is 11.5 Å². The molecule has 2 aromatic rings. The topological polar surface area (TPSA) is 84.9 Å². The quantitative estimate of drug-likeness (QED) is 0.311. The monoisotopic (exact) mass is 674 g/mol. The van der Waals surface area contributed by atoms with E-state index >= 15 is 0 Å². The van der Waals surface area contributed by atoms with E-state index in [0.717, 1.165) is 63.9 Å². The number of carbonyl (C=O) groups is 3. The molecule has 2 aliphatic carbocycles. The first-order chi connectivity index (χ1) is 19.3. The predicted octanol–water partition coefficient (Wildman–Crippen LogP) is 6.79. The molecule has 7 nitrogen and oxygen atoms in total. The molecule has 0 saturated carbocycles. The molecule has 0 spiro atoms. The van der Waals surface area contributed by atoms with Gasteiger partial charge in [0.15, 0.2) is 29.7 Å². The van der Waals surface area contributed by atoms with E-state index in [0.29, 0.717) is 41.7 Å². The highest BCUT2D eigenvalue weighted by molar-refractivity contribution is 14.1. The fraction of sp³-hybridized carbons (Fsp3) is 0.387. The van der Waals surface area contributed by atoms with Crippen LogP contribution in [0.1, 0.15) is 63.9 Å². The van der Waals surface area contributed by atoms with Crippen LogP contribution < -0.4 is 14.8 Å². The Bertz CT molecular complexity index is 1370. The van der Waals surface area contributed by atoms with E-state index in [1.54, 1.807) is 24.3 Å². The number of nitrogens with zero attached hydrogens (tertiary/aromatic N) is 1. The summed E-state index contributed by atoms with van der Waals surface area (Å²) in [6.07, 6.45) is 4.28. The van der Waals surface area contributed by atoms with Crippen molar-refractivity contribution in [3.8, 4) is 11.5 Å². The Labute approximate surface area is 253 Å². The average molecular weight is 675 g/mol. The molecule has 1 amide bonds. The number of halogens is 2. The maximum atomic E-state index is 13.4. The van der Waals surface area contributed by atoms with Crippen LogP contribution in [0.4, 0.5) is 5.69 Å². The van der Waals surface area contributed by atoms with Gasteiger partial charge < -0.3 is 19.7 Å². The number of hydrogen-bond donors (Lipinski definition) is 1. The van der Waals surface area contributed by atoms with Gasteiger partial charge in [-0.05, 0) is 104 Å². The first-order valence-corrected chi connectivity index (χ1v) is 15.2. The summed E-state index contributed by atoms with van der Waals surface area (Å²) in [6, 6.07) is 10.7. The van der Waals surface area contributed by atoms with Gasteiger partial charge in [0.2, 0.25) is 0 Å². The molecule has 0 atom stereocenters. The zero-order chi connectivity index (χ0) is 28.4. The van der Waals surface area contributed by atoms with Gasteiger partial charge in [0.1, 0.15) is 0 Å². The van der Waals surface area contributed by atoms with Crippen LogP contribution in [0, 0.1) is 3.57 Å². The highest BCUT2D eigenvalue weighted by Gasteiger charge is 2.43. The third-order valence-electron chi connectivity index (χ3n) is 7.54. The standard InChI is InChI=1S/C31H32ClIN2O5/c1-3-35-22-7-5-9-24(36)29(22)28(30-23(35)8-6-10-25(30)37)18-15-21(33)31(26(16-18)39-4-2)40-17-27(38)34-20-13-11-19(32)12-14-20/h11-16,28H,3-10,17H2,1-2H3,(H,34,38). The predicted molar refractivity (Wildman–Crippen MR) is 163 cm³/mol. The van der Waals surface area contributed by atoms with Crippen LogP contribution in [-0.2, 0) is 14.4 Å². The molecule has 3 aliphatic rings. The van der Waals surface area contributed by atoms with Gasteiger partial charge in [-0.15, -0.1) is 0 Å². The zero-order valence-corrected chi connectivity index (χ0v) is 25.6. The van der Waals surface area contributed by atoms with Gasteiger partial charge in [-0.2, -0.15) is 0 Å². The maximum absolute atomic E-state index is 13.4. The molecule has 0 aromatic heterocycles. The molecule has 2 aromatic carbocycles. The first kappa shape index (κ1) is 28.7. The van der Waals surface area contributed by atoms with Crippen molar-refractivity contribution >= 4 is 57.4 Å². The molecular formula is C31H32ClIN2O5. The molecule has 1 N–H and O–H groups in total. The minimum atomic E-state index is -0.427. The van der Waals surface area contributed by atoms with Crippen molar-refractivity contribution in [2.24, 2.45) is 0 Å². The van der Waals surface area contributed by atoms with E-state index in [-0.39, 0.29) is 24.1 Å². The van der Waals surface area contributed by atoms with Gasteiger partial charge in [-0.3, -0.25) is 14.4 Å². The number of carbonyl (C=O) groups excluding carboxylic acids is 3. The first-order valence-electron chi connectivity index (χ1n) is 13.8. The van der Waals surface area contributed by atoms with E-state index in [4.69, 9.17) is 21.1 Å². The van der Waals surface area contributed by atoms with Crippen molar-refractivity contribution in [2.45, 2.75) is 58.3 Å². The number of rotatable bonds is 8. The van der Waals surface area contributed by atoms with Crippen molar-refractivity contribution in [1.29, 1.82) is 0 Å². The third kappa shape index (κ3) is 5.65. The number of anilines is 1. The van der Waals surface area contributed by atoms with E-state index in [2.05, 4.69) is 39.7 Å². The SMILES string of the molecule is CCOc1cc(C2C3=C(CCCC3=O)N(CC)C3=C2C(=O)CCC3)cc(I)c1OCC(=O)Nc1ccc(Cl)cc1. The van der Waals surface area contributed by atoms with Crippen LogP contribution in [-0.4, -0.2) is 42.1 Å². The van der Waals surface area contributed by atoms with Gasteiger partial charge in [0, 0.05) is 58.6 Å². The summed E-state index contributed by atoms with van der Waals surface area (Å²) in [5.41, 5.74) is 5.07. The van der Waals surface area contributed by atoms with Crippen LogP contribution >= 0.6 is 34.2 Å². The molecule has 0 saturated heterocycles. The van der Waals surface area contributed by atoms with Gasteiger partial charge in [-0.1, -0.05) is 11.6 Å². The second-order valence-corrected chi connectivity index (χ2v) is 11.7. The Kier molecular flexibility index (Phi) is 8.85. The molecular weight excluding hydrogens is 643 g/mol. The second-order valence-electron chi connectivity index (χ2n) is 10.1. The summed E-state index contributed by atoms with van der Waals surface area (Å²) in [5.74, 6) is 0.419. The van der Waals surface area contributed by atoms with Gasteiger partial charge in [0.25, 0.3) is 5.91 Å². The fourth-order valence-electron chi connectivity index (χ4n) is 5.96. The van der Waals surface area contributed by atoms with Crippen molar-refractivity contribution < 1.29 is 23.9 Å². The second kappa shape index (κ2) is 12.3. The van der Waals surface area contributed by atoms with Crippen molar-refractivity contribution in [3.05, 3.63) is 73.1 Å². The summed E-state index contributed by atoms with van der Waals surface area (Å²) in [6.45, 7) is 4.87. The fourth-order valence-corrected chi connectivity index (χ4v) is 6.86. The van der Waals surface area contributed by atoms with Gasteiger partial charge in [0.05, 0.1) is 10.2 Å². The third-order valence-corrected chi connectivity index (χ3v) is 8.60. The van der Waals surface area contributed by atoms with Gasteiger partial charge in [-0.25, -0.2) is 0 Å². The lowest BCUT2D eigenvalue weighted by molar-refractivity contribution is -0.118. The summed E-state index contributed by atoms with van der Waals surface area (Å²) in [4.78, 5) is 41.7. The molecule has 9 heteroatoms. The van der Waals surface area contributed by atoms with E-state index in [9.17, 15) is 14.4 Å². The number of amides is 1. The molecule has 0 radical (unpaired) electrons. The number of benzene rings is 2. The lowest BCUT2D eigenvalue weighted by atomic mass is 9.71. The van der Waals surface area contributed by atoms with Crippen molar-refractivity contribution in [1.82, 2.24) is 4.90 Å². The molecule has 1 heterocycles. The number of hydrogen-bond acceptors (Lipinski definition) is 6. The Morgan fingerprint density at radius 2 is 1.60 bits per heavy atom. The summed E-state index contributed by atoms with van der Waals surface area (Å²) in [7, 11) is 0. The number of nitrogens with one attached hydrogen (secondary N) is 1. The highest BCUT2D eigenvalue weighted by Crippen LogP contribution is 2.50. The molecule has 0 bridgehead atoms. The van der Waals surface area contributed by atoms with Crippen LogP contribution in [0.25, 0.3) is 0 Å². The van der Waals surface area contributed by atoms with Crippen LogP contribution in [0.15, 0.2) is 58.9 Å². The minimum absolute atomic E-state index is 0.113. The summed E-state index contributed by atoms with van der Waals surface area (Å²) in [5, 5.41) is 3.38. The molecule has 0 fully saturated rings. The zero-order valence-electron chi connectivity index (χ0n) is 22.6. The number of ketones is 2. The van der Waals surface area contributed by atoms with Crippen molar-refractivity contribution in [2.75, 3.05) is 25.1 Å². The Balaban J connectivity index is 1.50.